The highest BCUT2D eigenvalue weighted by atomic mass is 31.3. The Morgan fingerprint density at radius 1 is 1.07 bits per heavy atom. The summed E-state index contributed by atoms with van der Waals surface area (Å²) in [6, 6.07) is 0. The van der Waals surface area contributed by atoms with E-state index in [0.29, 0.717) is 0 Å². The van der Waals surface area contributed by atoms with Gasteiger partial charge in [-0.3, -0.25) is 4.79 Å². The largest absolute Gasteiger partial charge is 0.478 e. The third kappa shape index (κ3) is 22.6. The molecule has 0 spiro atoms. The average Bonchev–Trinajstić information content (AvgIpc) is 1.80. The van der Waals surface area contributed by atoms with Gasteiger partial charge < -0.3 is 24.5 Å². The summed E-state index contributed by atoms with van der Waals surface area (Å²) >= 11 is 0. The standard InChI is InChI=1S/C3H7NO.H4O7P2/c1-4(2)3-5;1-8(2,3)7-9(4,5)6/h3H,1-2H3;(H2,1,2,3)(H2,4,5,6). The molecule has 0 aromatic heterocycles. The van der Waals surface area contributed by atoms with Gasteiger partial charge in [0.25, 0.3) is 0 Å². The van der Waals surface area contributed by atoms with Gasteiger partial charge in [-0.25, -0.2) is 9.13 Å². The molecular weight excluding hydrogens is 240 g/mol. The van der Waals surface area contributed by atoms with Crippen molar-refractivity contribution >= 4 is 22.1 Å². The van der Waals surface area contributed by atoms with E-state index in [-0.39, 0.29) is 0 Å². The van der Waals surface area contributed by atoms with Gasteiger partial charge in [0.05, 0.1) is 0 Å². The molecular formula is C3H11NO8P2. The van der Waals surface area contributed by atoms with Gasteiger partial charge in [-0.2, -0.15) is 4.31 Å². The number of carbonyl (C=O) groups excluding carboxylic acids is 1. The summed E-state index contributed by atoms with van der Waals surface area (Å²) in [4.78, 5) is 41.9. The smallest absolute Gasteiger partial charge is 0.351 e. The molecule has 86 valence electrons. The molecule has 0 aliphatic heterocycles. The second-order valence-corrected chi connectivity index (χ2v) is 4.75. The van der Waals surface area contributed by atoms with Crippen LogP contribution in [0.1, 0.15) is 0 Å². The lowest BCUT2D eigenvalue weighted by Gasteiger charge is -2.03. The first-order valence-electron chi connectivity index (χ1n) is 2.92. The number of nitrogens with zero attached hydrogens (tertiary/aromatic N) is 1. The quantitative estimate of drug-likeness (QED) is 0.365. The van der Waals surface area contributed by atoms with E-state index in [1.165, 1.54) is 4.90 Å². The molecule has 0 aromatic rings. The van der Waals surface area contributed by atoms with Crippen LogP contribution in [0.4, 0.5) is 0 Å². The van der Waals surface area contributed by atoms with Crippen LogP contribution in [0.5, 0.6) is 0 Å². The van der Waals surface area contributed by atoms with Crippen molar-refractivity contribution in [3.05, 3.63) is 0 Å². The molecule has 0 atom stereocenters. The summed E-state index contributed by atoms with van der Waals surface area (Å²) < 4.78 is 22.2. The first kappa shape index (κ1) is 16.2. The third-order valence-corrected chi connectivity index (χ3v) is 2.13. The Morgan fingerprint density at radius 2 is 1.29 bits per heavy atom. The Hall–Kier alpha value is -0.270. The van der Waals surface area contributed by atoms with Crippen molar-refractivity contribution in [3.8, 4) is 0 Å². The van der Waals surface area contributed by atoms with E-state index in [1.54, 1.807) is 14.1 Å². The van der Waals surface area contributed by atoms with E-state index < -0.39 is 15.6 Å². The predicted octanol–water partition coefficient (Wildman–Crippen LogP) is -1.11. The lowest BCUT2D eigenvalue weighted by atomic mass is 11.0. The summed E-state index contributed by atoms with van der Waals surface area (Å²) in [6.07, 6.45) is 0.750. The lowest BCUT2D eigenvalue weighted by Crippen LogP contribution is -2.06. The van der Waals surface area contributed by atoms with Crippen LogP contribution in [0.3, 0.4) is 0 Å². The van der Waals surface area contributed by atoms with Gasteiger partial charge in [0.1, 0.15) is 0 Å². The minimum absolute atomic E-state index is 0.750. The molecule has 0 saturated carbocycles. The first-order chi connectivity index (χ1) is 5.98. The predicted molar refractivity (Wildman–Crippen MR) is 44.9 cm³/mol. The zero-order valence-electron chi connectivity index (χ0n) is 7.34. The second-order valence-electron chi connectivity index (χ2n) is 2.13. The molecule has 11 heteroatoms. The van der Waals surface area contributed by atoms with Crippen LogP contribution in [0, 0.1) is 0 Å². The van der Waals surface area contributed by atoms with E-state index in [1.807, 2.05) is 0 Å². The topological polar surface area (TPSA) is 145 Å². The van der Waals surface area contributed by atoms with Crippen molar-refractivity contribution in [2.75, 3.05) is 14.1 Å². The van der Waals surface area contributed by atoms with Crippen LogP contribution in [0.15, 0.2) is 0 Å². The van der Waals surface area contributed by atoms with E-state index in [2.05, 4.69) is 4.31 Å². The first-order valence-corrected chi connectivity index (χ1v) is 5.98. The van der Waals surface area contributed by atoms with Crippen LogP contribution >= 0.6 is 15.6 Å². The van der Waals surface area contributed by atoms with Crippen molar-refractivity contribution in [1.82, 2.24) is 4.90 Å². The summed E-state index contributed by atoms with van der Waals surface area (Å²) in [7, 11) is -6.73. The fourth-order valence-corrected chi connectivity index (χ4v) is 1.25. The van der Waals surface area contributed by atoms with Crippen LogP contribution < -0.4 is 0 Å². The maximum atomic E-state index is 9.63. The highest BCUT2D eigenvalue weighted by Gasteiger charge is 2.27. The van der Waals surface area contributed by atoms with Crippen LogP contribution in [-0.4, -0.2) is 45.0 Å². The Balaban J connectivity index is 0. The number of phosphoric acid groups is 2. The summed E-state index contributed by atoms with van der Waals surface area (Å²) in [5.41, 5.74) is 0. The van der Waals surface area contributed by atoms with Crippen molar-refractivity contribution in [3.63, 3.8) is 0 Å². The summed E-state index contributed by atoms with van der Waals surface area (Å²) in [5, 5.41) is 0. The van der Waals surface area contributed by atoms with Gasteiger partial charge in [-0.15, -0.1) is 0 Å². The monoisotopic (exact) mass is 251 g/mol. The zero-order valence-corrected chi connectivity index (χ0v) is 9.13. The maximum Gasteiger partial charge on any atom is 0.478 e. The van der Waals surface area contributed by atoms with Gasteiger partial charge in [-0.1, -0.05) is 0 Å². The van der Waals surface area contributed by atoms with Crippen LogP contribution in [0.2, 0.25) is 0 Å². The Bertz CT molecular complexity index is 231. The molecule has 0 unspecified atom stereocenters. The molecule has 0 bridgehead atoms. The number of hydrogen-bond acceptors (Lipinski definition) is 4. The van der Waals surface area contributed by atoms with E-state index >= 15 is 0 Å². The highest BCUT2D eigenvalue weighted by molar-refractivity contribution is 7.60. The molecule has 0 heterocycles. The lowest BCUT2D eigenvalue weighted by molar-refractivity contribution is -0.115. The normalized spacial score (nSPS) is 11.3. The number of rotatable bonds is 3. The fourth-order valence-electron chi connectivity index (χ4n) is 0.139. The van der Waals surface area contributed by atoms with E-state index in [0.717, 1.165) is 6.41 Å². The van der Waals surface area contributed by atoms with Gasteiger partial charge in [-0.05, 0) is 0 Å². The average molecular weight is 251 g/mol. The number of amides is 1. The summed E-state index contributed by atoms with van der Waals surface area (Å²) in [5.74, 6) is 0. The maximum absolute atomic E-state index is 9.63. The van der Waals surface area contributed by atoms with E-state index in [4.69, 9.17) is 19.6 Å². The molecule has 0 radical (unpaired) electrons. The molecule has 0 rings (SSSR count). The van der Waals surface area contributed by atoms with Gasteiger partial charge in [0.15, 0.2) is 0 Å². The number of hydrogen-bond donors (Lipinski definition) is 4. The highest BCUT2D eigenvalue weighted by Crippen LogP contribution is 2.53. The van der Waals surface area contributed by atoms with Crippen molar-refractivity contribution in [2.24, 2.45) is 0 Å². The second kappa shape index (κ2) is 6.26. The van der Waals surface area contributed by atoms with Gasteiger partial charge in [0, 0.05) is 14.1 Å². The molecule has 14 heavy (non-hydrogen) atoms. The number of carbonyl (C=O) groups is 1. The molecule has 0 aliphatic carbocycles. The molecule has 0 fully saturated rings. The molecule has 1 amide bonds. The Kier molecular flexibility index (Phi) is 7.23. The molecule has 4 N–H and O–H groups in total. The minimum atomic E-state index is -5.05. The van der Waals surface area contributed by atoms with Gasteiger partial charge >= 0.3 is 15.6 Å². The molecule has 0 saturated heterocycles. The zero-order chi connectivity index (χ0) is 12.0. The fraction of sp³-hybridized carbons (Fsp3) is 0.667. The summed E-state index contributed by atoms with van der Waals surface area (Å²) in [6.45, 7) is 0. The van der Waals surface area contributed by atoms with Crippen LogP contribution in [-0.2, 0) is 18.2 Å². The Labute approximate surface area is 79.8 Å². The van der Waals surface area contributed by atoms with Crippen molar-refractivity contribution in [1.29, 1.82) is 0 Å². The van der Waals surface area contributed by atoms with Crippen molar-refractivity contribution in [2.45, 2.75) is 0 Å². The van der Waals surface area contributed by atoms with Crippen molar-refractivity contribution < 1.29 is 37.8 Å². The SMILES string of the molecule is CN(C)C=O.O=P(O)(O)OP(=O)(O)O. The minimum Gasteiger partial charge on any atom is -0.351 e. The Morgan fingerprint density at radius 3 is 1.29 bits per heavy atom. The van der Waals surface area contributed by atoms with E-state index in [9.17, 15) is 13.9 Å². The molecule has 9 nitrogen and oxygen atoms in total. The van der Waals surface area contributed by atoms with Crippen LogP contribution in [0.25, 0.3) is 0 Å². The molecule has 0 aromatic carbocycles. The van der Waals surface area contributed by atoms with Gasteiger partial charge in [0.2, 0.25) is 6.41 Å². The third-order valence-electron chi connectivity index (χ3n) is 0.424. The molecule has 0 aliphatic rings.